The van der Waals surface area contributed by atoms with Gasteiger partial charge in [-0.2, -0.15) is 0 Å². The summed E-state index contributed by atoms with van der Waals surface area (Å²) in [5, 5.41) is 13.1. The first-order valence-corrected chi connectivity index (χ1v) is 10.7. The molecular weight excluding hydrogens is 435 g/mol. The molecule has 3 aromatic rings. The highest BCUT2D eigenvalue weighted by Gasteiger charge is 2.26. The smallest absolute Gasteiger partial charge is 0.224 e. The molecule has 0 spiro atoms. The lowest BCUT2D eigenvalue weighted by molar-refractivity contribution is -0.120. The average Bonchev–Trinajstić information content (AvgIpc) is 3.09. The van der Waals surface area contributed by atoms with Crippen molar-refractivity contribution in [1.29, 1.82) is 0 Å². The van der Waals surface area contributed by atoms with Gasteiger partial charge in [0.25, 0.3) is 0 Å². The molecule has 7 heteroatoms. The molecule has 0 saturated heterocycles. The summed E-state index contributed by atoms with van der Waals surface area (Å²) >= 11 is 0. The number of allylic oxidation sites excluding steroid dienone is 2. The third-order valence-electron chi connectivity index (χ3n) is 5.80. The number of aromatic nitrogens is 1. The molecule has 174 valence electrons. The maximum atomic E-state index is 14.2. The van der Waals surface area contributed by atoms with Crippen LogP contribution in [0.15, 0.2) is 60.3 Å². The molecule has 2 aromatic carbocycles. The summed E-state index contributed by atoms with van der Waals surface area (Å²) in [6.07, 6.45) is 3.69. The van der Waals surface area contributed by atoms with Gasteiger partial charge in [-0.25, -0.2) is 4.39 Å². The van der Waals surface area contributed by atoms with Crippen LogP contribution in [0.5, 0.6) is 17.2 Å². The molecule has 0 saturated carbocycles. The molecule has 2 N–H and O–H groups in total. The van der Waals surface area contributed by atoms with Gasteiger partial charge in [0.1, 0.15) is 5.82 Å². The van der Waals surface area contributed by atoms with Crippen LogP contribution in [-0.2, 0) is 11.3 Å². The fourth-order valence-corrected chi connectivity index (χ4v) is 4.06. The molecule has 1 aliphatic carbocycles. The number of nitrogens with one attached hydrogen (secondary N) is 1. The second-order valence-electron chi connectivity index (χ2n) is 7.90. The molecule has 1 aliphatic rings. The van der Waals surface area contributed by atoms with E-state index in [1.165, 1.54) is 26.4 Å². The number of phenols is 1. The molecule has 1 heterocycles. The van der Waals surface area contributed by atoms with Gasteiger partial charge in [0.15, 0.2) is 11.5 Å². The number of ether oxygens (including phenoxy) is 2. The SMILES string of the molecule is COc1cc(/C=C2/C(C)=C(CC(=O)NCc3ccccn3)c3cc(F)ccc32)cc(OC)c1O. The fourth-order valence-electron chi connectivity index (χ4n) is 4.06. The Morgan fingerprint density at radius 3 is 2.47 bits per heavy atom. The van der Waals surface area contributed by atoms with Crippen molar-refractivity contribution in [1.82, 2.24) is 10.3 Å². The zero-order valence-electron chi connectivity index (χ0n) is 19.2. The van der Waals surface area contributed by atoms with Gasteiger partial charge >= 0.3 is 0 Å². The molecule has 4 rings (SSSR count). The molecule has 0 aliphatic heterocycles. The number of hydrogen-bond donors (Lipinski definition) is 2. The summed E-state index contributed by atoms with van der Waals surface area (Å²) in [6.45, 7) is 2.23. The molecule has 6 nitrogen and oxygen atoms in total. The topological polar surface area (TPSA) is 80.7 Å². The maximum absolute atomic E-state index is 14.2. The van der Waals surface area contributed by atoms with E-state index in [9.17, 15) is 14.3 Å². The molecule has 0 bridgehead atoms. The predicted molar refractivity (Wildman–Crippen MR) is 129 cm³/mol. The number of fused-ring (bicyclic) bond motifs is 1. The van der Waals surface area contributed by atoms with Crippen molar-refractivity contribution in [3.05, 3.63) is 88.5 Å². The number of methoxy groups -OCH3 is 2. The molecule has 0 radical (unpaired) electrons. The first-order chi connectivity index (χ1) is 16.4. The fraction of sp³-hybridized carbons (Fsp3) is 0.185. The number of aromatic hydroxyl groups is 1. The van der Waals surface area contributed by atoms with E-state index in [0.717, 1.165) is 33.5 Å². The maximum Gasteiger partial charge on any atom is 0.224 e. The van der Waals surface area contributed by atoms with E-state index in [4.69, 9.17) is 9.47 Å². The van der Waals surface area contributed by atoms with Crippen LogP contribution in [-0.4, -0.2) is 30.2 Å². The normalized spacial score (nSPS) is 13.7. The first kappa shape index (κ1) is 23.0. The number of rotatable bonds is 7. The monoisotopic (exact) mass is 460 g/mol. The molecular formula is C27H25FN2O4. The van der Waals surface area contributed by atoms with Gasteiger partial charge < -0.3 is 19.9 Å². The Labute approximate surface area is 197 Å². The zero-order valence-corrected chi connectivity index (χ0v) is 19.2. The minimum absolute atomic E-state index is 0.0847. The molecule has 0 fully saturated rings. The number of carbonyl (C=O) groups excluding carboxylic acids is 1. The van der Waals surface area contributed by atoms with Gasteiger partial charge in [0, 0.05) is 6.20 Å². The molecule has 1 aromatic heterocycles. The molecule has 0 atom stereocenters. The Morgan fingerprint density at radius 2 is 1.82 bits per heavy atom. The van der Waals surface area contributed by atoms with Crippen molar-refractivity contribution in [2.45, 2.75) is 19.9 Å². The number of hydrogen-bond acceptors (Lipinski definition) is 5. The summed E-state index contributed by atoms with van der Waals surface area (Å²) in [5.74, 6) is -0.0752. The third kappa shape index (κ3) is 4.64. The quantitative estimate of drug-likeness (QED) is 0.520. The van der Waals surface area contributed by atoms with Crippen LogP contribution >= 0.6 is 0 Å². The number of nitrogens with zero attached hydrogens (tertiary/aromatic N) is 1. The van der Waals surface area contributed by atoms with E-state index in [1.807, 2.05) is 31.2 Å². The van der Waals surface area contributed by atoms with Crippen molar-refractivity contribution >= 4 is 23.1 Å². The van der Waals surface area contributed by atoms with Crippen LogP contribution < -0.4 is 14.8 Å². The Bertz CT molecular complexity index is 1270. The number of halogens is 1. The summed E-state index contributed by atoms with van der Waals surface area (Å²) in [4.78, 5) is 16.9. The van der Waals surface area contributed by atoms with Crippen LogP contribution in [0.4, 0.5) is 4.39 Å². The Kier molecular flexibility index (Phi) is 6.63. The number of phenolic OH excluding ortho intramolecular Hbond substituents is 1. The number of carbonyl (C=O) groups is 1. The van der Waals surface area contributed by atoms with Crippen LogP contribution in [0.25, 0.3) is 17.2 Å². The highest BCUT2D eigenvalue weighted by molar-refractivity contribution is 6.08. The van der Waals surface area contributed by atoms with Crippen LogP contribution in [0.3, 0.4) is 0 Å². The summed E-state index contributed by atoms with van der Waals surface area (Å²) in [6, 6.07) is 13.5. The summed E-state index contributed by atoms with van der Waals surface area (Å²) < 4.78 is 24.7. The Balaban J connectivity index is 1.68. The van der Waals surface area contributed by atoms with E-state index in [-0.39, 0.29) is 35.4 Å². The van der Waals surface area contributed by atoms with Gasteiger partial charge in [-0.15, -0.1) is 0 Å². The lowest BCUT2D eigenvalue weighted by Gasteiger charge is -2.11. The lowest BCUT2D eigenvalue weighted by atomic mass is 10.00. The van der Waals surface area contributed by atoms with Crippen LogP contribution in [0.2, 0.25) is 0 Å². The van der Waals surface area contributed by atoms with Gasteiger partial charge in [-0.05, 0) is 82.8 Å². The van der Waals surface area contributed by atoms with Gasteiger partial charge in [-0.3, -0.25) is 9.78 Å². The highest BCUT2D eigenvalue weighted by Crippen LogP contribution is 2.45. The van der Waals surface area contributed by atoms with Crippen molar-refractivity contribution in [3.63, 3.8) is 0 Å². The van der Waals surface area contributed by atoms with E-state index in [0.29, 0.717) is 12.1 Å². The number of benzene rings is 2. The molecule has 0 unspecified atom stereocenters. The van der Waals surface area contributed by atoms with Crippen molar-refractivity contribution in [2.24, 2.45) is 0 Å². The second kappa shape index (κ2) is 9.79. The number of amides is 1. The zero-order chi connectivity index (χ0) is 24.2. The molecule has 1 amide bonds. The summed E-state index contributed by atoms with van der Waals surface area (Å²) in [7, 11) is 2.93. The van der Waals surface area contributed by atoms with E-state index >= 15 is 0 Å². The van der Waals surface area contributed by atoms with Crippen molar-refractivity contribution in [2.75, 3.05) is 14.2 Å². The Hall–Kier alpha value is -4.13. The van der Waals surface area contributed by atoms with Gasteiger partial charge in [0.2, 0.25) is 11.7 Å². The average molecular weight is 461 g/mol. The lowest BCUT2D eigenvalue weighted by Crippen LogP contribution is -2.23. The standard InChI is InChI=1S/C27H25FN2O4/c1-16-21(10-17-11-24(33-2)27(32)25(12-17)34-3)20-8-7-18(28)13-23(20)22(16)14-26(31)30-15-19-6-4-5-9-29-19/h4-13,32H,14-15H2,1-3H3,(H,30,31)/b21-10-. The summed E-state index contributed by atoms with van der Waals surface area (Å²) in [5.41, 5.74) is 5.51. The van der Waals surface area contributed by atoms with Crippen LogP contribution in [0, 0.1) is 5.82 Å². The predicted octanol–water partition coefficient (Wildman–Crippen LogP) is 4.98. The van der Waals surface area contributed by atoms with Crippen LogP contribution in [0.1, 0.15) is 35.7 Å². The van der Waals surface area contributed by atoms with E-state index in [2.05, 4.69) is 10.3 Å². The first-order valence-electron chi connectivity index (χ1n) is 10.7. The van der Waals surface area contributed by atoms with Crippen molar-refractivity contribution < 1.29 is 23.8 Å². The van der Waals surface area contributed by atoms with Gasteiger partial charge in [-0.1, -0.05) is 12.1 Å². The molecule has 34 heavy (non-hydrogen) atoms. The second-order valence-corrected chi connectivity index (χ2v) is 7.90. The Morgan fingerprint density at radius 1 is 1.09 bits per heavy atom. The van der Waals surface area contributed by atoms with Crippen molar-refractivity contribution in [3.8, 4) is 17.2 Å². The number of pyridine rings is 1. The minimum atomic E-state index is -0.368. The third-order valence-corrected chi connectivity index (χ3v) is 5.80. The van der Waals surface area contributed by atoms with Gasteiger partial charge in [0.05, 0.1) is 32.9 Å². The van der Waals surface area contributed by atoms with E-state index < -0.39 is 0 Å². The van der Waals surface area contributed by atoms with E-state index in [1.54, 1.807) is 24.4 Å². The largest absolute Gasteiger partial charge is 0.502 e. The minimum Gasteiger partial charge on any atom is -0.502 e. The highest BCUT2D eigenvalue weighted by atomic mass is 19.1.